The van der Waals surface area contributed by atoms with Crippen molar-refractivity contribution >= 4 is 0 Å². The molecular weight excluding hydrogens is 252 g/mol. The molecular formula is C13H15F2N3O. The quantitative estimate of drug-likeness (QED) is 0.841. The molecule has 1 aliphatic heterocycles. The first kappa shape index (κ1) is 13.7. The molecule has 1 saturated heterocycles. The lowest BCUT2D eigenvalue weighted by molar-refractivity contribution is -0.0637. The molecule has 0 N–H and O–H groups in total. The molecule has 1 atom stereocenters. The maximum atomic E-state index is 13.8. The van der Waals surface area contributed by atoms with Gasteiger partial charge in [0.15, 0.2) is 6.10 Å². The van der Waals surface area contributed by atoms with Crippen LogP contribution < -0.4 is 4.74 Å². The van der Waals surface area contributed by atoms with Crippen molar-refractivity contribution in [3.63, 3.8) is 0 Å². The van der Waals surface area contributed by atoms with Crippen LogP contribution in [0.4, 0.5) is 8.78 Å². The van der Waals surface area contributed by atoms with Crippen molar-refractivity contribution in [1.82, 2.24) is 9.88 Å². The molecule has 0 amide bonds. The number of nitrogens with zero attached hydrogens (tertiary/aromatic N) is 3. The van der Waals surface area contributed by atoms with Crippen molar-refractivity contribution in [1.29, 1.82) is 5.26 Å². The van der Waals surface area contributed by atoms with Gasteiger partial charge >= 0.3 is 0 Å². The van der Waals surface area contributed by atoms with Crippen molar-refractivity contribution in [3.05, 3.63) is 23.9 Å². The Morgan fingerprint density at radius 3 is 2.74 bits per heavy atom. The second-order valence-corrected chi connectivity index (χ2v) is 4.89. The summed E-state index contributed by atoms with van der Waals surface area (Å²) < 4.78 is 32.9. The Kier molecular flexibility index (Phi) is 3.67. The molecule has 0 radical (unpaired) electrons. The van der Waals surface area contributed by atoms with Gasteiger partial charge in [-0.15, -0.1) is 0 Å². The fraction of sp³-hybridized carbons (Fsp3) is 0.538. The molecule has 1 fully saturated rings. The van der Waals surface area contributed by atoms with E-state index in [0.717, 1.165) is 0 Å². The third kappa shape index (κ3) is 2.99. The topological polar surface area (TPSA) is 49.1 Å². The number of rotatable bonds is 3. The van der Waals surface area contributed by atoms with E-state index in [9.17, 15) is 8.78 Å². The minimum Gasteiger partial charge on any atom is -0.466 e. The number of likely N-dealkylation sites (tertiary alicyclic amines) is 1. The normalized spacial score (nSPS) is 22.4. The second-order valence-electron chi connectivity index (χ2n) is 4.89. The van der Waals surface area contributed by atoms with Gasteiger partial charge in [-0.05, 0) is 19.9 Å². The lowest BCUT2D eigenvalue weighted by Gasteiger charge is -2.19. The highest BCUT2D eigenvalue weighted by Crippen LogP contribution is 2.31. The van der Waals surface area contributed by atoms with Gasteiger partial charge in [-0.3, -0.25) is 4.90 Å². The molecule has 2 heterocycles. The first-order chi connectivity index (χ1) is 8.92. The smallest absolute Gasteiger partial charge is 0.297 e. The number of alkyl halides is 2. The fourth-order valence-corrected chi connectivity index (χ4v) is 1.96. The van der Waals surface area contributed by atoms with Crippen LogP contribution in [0, 0.1) is 11.3 Å². The average Bonchev–Trinajstić information content (AvgIpc) is 2.66. The monoisotopic (exact) mass is 267 g/mol. The average molecular weight is 267 g/mol. The molecule has 4 nitrogen and oxygen atoms in total. The SMILES string of the molecule is CC(C)N1C[C@H](Oc2ccc(C#N)cn2)C(F)(F)C1. The number of hydrogen-bond donors (Lipinski definition) is 0. The Labute approximate surface area is 110 Å². The highest BCUT2D eigenvalue weighted by Gasteiger charge is 2.50. The molecule has 1 aliphatic rings. The zero-order valence-corrected chi connectivity index (χ0v) is 10.8. The van der Waals surface area contributed by atoms with Crippen molar-refractivity contribution in [2.24, 2.45) is 0 Å². The number of hydrogen-bond acceptors (Lipinski definition) is 4. The fourth-order valence-electron chi connectivity index (χ4n) is 1.96. The maximum Gasteiger partial charge on any atom is 0.297 e. The predicted molar refractivity (Wildman–Crippen MR) is 65.0 cm³/mol. The molecule has 0 aliphatic carbocycles. The van der Waals surface area contributed by atoms with Gasteiger partial charge in [-0.25, -0.2) is 13.8 Å². The van der Waals surface area contributed by atoms with Crippen LogP contribution in [0.25, 0.3) is 0 Å². The Morgan fingerprint density at radius 1 is 1.53 bits per heavy atom. The van der Waals surface area contributed by atoms with E-state index in [2.05, 4.69) is 4.98 Å². The van der Waals surface area contributed by atoms with Crippen molar-refractivity contribution < 1.29 is 13.5 Å². The molecule has 0 saturated carbocycles. The zero-order chi connectivity index (χ0) is 14.0. The third-order valence-corrected chi connectivity index (χ3v) is 3.14. The van der Waals surface area contributed by atoms with Crippen LogP contribution in [0.15, 0.2) is 18.3 Å². The number of nitriles is 1. The Bertz CT molecular complexity index is 482. The molecule has 1 aromatic rings. The third-order valence-electron chi connectivity index (χ3n) is 3.14. The minimum atomic E-state index is -2.89. The van der Waals surface area contributed by atoms with Gasteiger partial charge in [-0.1, -0.05) is 0 Å². The van der Waals surface area contributed by atoms with E-state index in [4.69, 9.17) is 10.00 Å². The Morgan fingerprint density at radius 2 is 2.26 bits per heavy atom. The van der Waals surface area contributed by atoms with E-state index in [1.165, 1.54) is 18.3 Å². The van der Waals surface area contributed by atoms with Gasteiger partial charge in [0.25, 0.3) is 5.92 Å². The Hall–Kier alpha value is -1.74. The second kappa shape index (κ2) is 5.10. The molecule has 6 heteroatoms. The van der Waals surface area contributed by atoms with Gasteiger partial charge in [0, 0.05) is 24.8 Å². The summed E-state index contributed by atoms with van der Waals surface area (Å²) in [5.74, 6) is -2.77. The van der Waals surface area contributed by atoms with E-state index in [1.54, 1.807) is 4.90 Å². The molecule has 0 spiro atoms. The molecule has 102 valence electrons. The summed E-state index contributed by atoms with van der Waals surface area (Å²) in [5.41, 5.74) is 0.370. The largest absolute Gasteiger partial charge is 0.466 e. The standard InChI is InChI=1S/C13H15F2N3O/c1-9(2)18-7-11(13(14,15)8-18)19-12-4-3-10(5-16)6-17-12/h3-4,6,9,11H,7-8H2,1-2H3/t11-/m0/s1. The van der Waals surface area contributed by atoms with Gasteiger partial charge in [0.2, 0.25) is 5.88 Å². The predicted octanol–water partition coefficient (Wildman–Crippen LogP) is 2.06. The lowest BCUT2D eigenvalue weighted by atomic mass is 10.2. The summed E-state index contributed by atoms with van der Waals surface area (Å²) >= 11 is 0. The van der Waals surface area contributed by atoms with Gasteiger partial charge in [-0.2, -0.15) is 5.26 Å². The van der Waals surface area contributed by atoms with E-state index >= 15 is 0 Å². The van der Waals surface area contributed by atoms with Crippen LogP contribution in [-0.4, -0.2) is 41.0 Å². The summed E-state index contributed by atoms with van der Waals surface area (Å²) in [7, 11) is 0. The molecule has 0 unspecified atom stereocenters. The number of aromatic nitrogens is 1. The Balaban J connectivity index is 2.07. The van der Waals surface area contributed by atoms with Crippen LogP contribution in [-0.2, 0) is 0 Å². The summed E-state index contributed by atoms with van der Waals surface area (Å²) in [6, 6.07) is 4.89. The van der Waals surface area contributed by atoms with Crippen LogP contribution in [0.2, 0.25) is 0 Å². The summed E-state index contributed by atoms with van der Waals surface area (Å²) in [4.78, 5) is 5.53. The van der Waals surface area contributed by atoms with E-state index in [0.29, 0.717) is 5.56 Å². The maximum absolute atomic E-state index is 13.8. The van der Waals surface area contributed by atoms with Gasteiger partial charge in [0.05, 0.1) is 12.1 Å². The van der Waals surface area contributed by atoms with Crippen LogP contribution in [0.1, 0.15) is 19.4 Å². The summed E-state index contributed by atoms with van der Waals surface area (Å²) in [6.45, 7) is 3.62. The first-order valence-electron chi connectivity index (χ1n) is 6.07. The molecule has 1 aromatic heterocycles. The zero-order valence-electron chi connectivity index (χ0n) is 10.8. The highest BCUT2D eigenvalue weighted by molar-refractivity contribution is 5.28. The summed E-state index contributed by atoms with van der Waals surface area (Å²) in [5, 5.41) is 8.63. The highest BCUT2D eigenvalue weighted by atomic mass is 19.3. The van der Waals surface area contributed by atoms with E-state index in [1.807, 2.05) is 19.9 Å². The van der Waals surface area contributed by atoms with Crippen LogP contribution in [0.3, 0.4) is 0 Å². The molecule has 0 bridgehead atoms. The lowest BCUT2D eigenvalue weighted by Crippen LogP contribution is -2.36. The first-order valence-corrected chi connectivity index (χ1v) is 6.07. The number of ether oxygens (including phenoxy) is 1. The molecule has 0 aromatic carbocycles. The number of halogens is 2. The van der Waals surface area contributed by atoms with Crippen molar-refractivity contribution in [3.8, 4) is 11.9 Å². The molecule has 19 heavy (non-hydrogen) atoms. The summed E-state index contributed by atoms with van der Waals surface area (Å²) in [6.07, 6.45) is 0.109. The molecule has 2 rings (SSSR count). The number of pyridine rings is 1. The van der Waals surface area contributed by atoms with E-state index < -0.39 is 12.0 Å². The van der Waals surface area contributed by atoms with Crippen LogP contribution >= 0.6 is 0 Å². The van der Waals surface area contributed by atoms with Gasteiger partial charge in [0.1, 0.15) is 6.07 Å². The minimum absolute atomic E-state index is 0.0494. The van der Waals surface area contributed by atoms with Crippen molar-refractivity contribution in [2.75, 3.05) is 13.1 Å². The van der Waals surface area contributed by atoms with E-state index in [-0.39, 0.29) is 25.0 Å². The van der Waals surface area contributed by atoms with Gasteiger partial charge < -0.3 is 4.74 Å². The van der Waals surface area contributed by atoms with Crippen molar-refractivity contribution in [2.45, 2.75) is 31.9 Å². The van der Waals surface area contributed by atoms with Crippen LogP contribution in [0.5, 0.6) is 5.88 Å².